The monoisotopic (exact) mass is 359 g/mol. The molecule has 1 saturated heterocycles. The number of nitrogens with zero attached hydrogens (tertiary/aromatic N) is 3. The third-order valence-corrected chi connectivity index (χ3v) is 3.86. The molecule has 8 heteroatoms. The number of ether oxygens (including phenoxy) is 2. The lowest BCUT2D eigenvalue weighted by molar-refractivity contribution is 0.122. The number of benzene rings is 1. The van der Waals surface area contributed by atoms with Gasteiger partial charge in [0.1, 0.15) is 5.75 Å². The minimum atomic E-state index is 0.163. The zero-order valence-corrected chi connectivity index (χ0v) is 13.7. The first-order valence-corrected chi connectivity index (χ1v) is 7.76. The Labute approximate surface area is 142 Å². The molecule has 1 aromatic heterocycles. The smallest absolute Gasteiger partial charge is 0.228 e. The van der Waals surface area contributed by atoms with Crippen LogP contribution in [0, 0.1) is 0 Å². The van der Waals surface area contributed by atoms with Gasteiger partial charge in [-0.15, -0.1) is 0 Å². The van der Waals surface area contributed by atoms with Gasteiger partial charge in [0.05, 0.1) is 13.2 Å². The molecule has 0 unspecified atom stereocenters. The van der Waals surface area contributed by atoms with Gasteiger partial charge < -0.3 is 14.4 Å². The quantitative estimate of drug-likeness (QED) is 0.772. The molecule has 3 rings (SSSR count). The van der Waals surface area contributed by atoms with Gasteiger partial charge in [-0.3, -0.25) is 0 Å². The van der Waals surface area contributed by atoms with Crippen LogP contribution in [0.3, 0.4) is 0 Å². The summed E-state index contributed by atoms with van der Waals surface area (Å²) in [4.78, 5) is 10.5. The second kappa shape index (κ2) is 6.87. The first-order valence-electron chi connectivity index (χ1n) is 6.62. The molecule has 1 aliphatic rings. The normalized spacial score (nSPS) is 15.0. The fourth-order valence-electron chi connectivity index (χ4n) is 2.00. The van der Waals surface area contributed by atoms with Crippen molar-refractivity contribution in [2.45, 2.75) is 0 Å². The van der Waals surface area contributed by atoms with Crippen LogP contribution < -0.4 is 9.64 Å². The maximum absolute atomic E-state index is 6.19. The van der Waals surface area contributed by atoms with E-state index in [9.17, 15) is 0 Å². The average Bonchev–Trinajstić information content (AvgIpc) is 2.53. The fourth-order valence-corrected chi connectivity index (χ4v) is 2.58. The Morgan fingerprint density at radius 1 is 0.955 bits per heavy atom. The van der Waals surface area contributed by atoms with E-state index in [2.05, 4.69) is 9.97 Å². The summed E-state index contributed by atoms with van der Waals surface area (Å²) < 4.78 is 10.9. The highest BCUT2D eigenvalue weighted by atomic mass is 35.5. The third kappa shape index (κ3) is 3.55. The van der Waals surface area contributed by atoms with Crippen LogP contribution in [-0.4, -0.2) is 36.3 Å². The molecule has 1 aromatic carbocycles. The van der Waals surface area contributed by atoms with Crippen LogP contribution in [0.2, 0.25) is 15.3 Å². The van der Waals surface area contributed by atoms with Crippen molar-refractivity contribution in [1.29, 1.82) is 0 Å². The van der Waals surface area contributed by atoms with Crippen molar-refractivity contribution >= 4 is 40.8 Å². The Balaban J connectivity index is 1.84. The lowest BCUT2D eigenvalue weighted by atomic mass is 10.3. The molecule has 22 heavy (non-hydrogen) atoms. The molecule has 0 N–H and O–H groups in total. The van der Waals surface area contributed by atoms with Gasteiger partial charge in [0.2, 0.25) is 11.7 Å². The van der Waals surface area contributed by atoms with Gasteiger partial charge in [-0.05, 0) is 24.3 Å². The van der Waals surface area contributed by atoms with E-state index >= 15 is 0 Å². The number of halogens is 3. The van der Waals surface area contributed by atoms with Crippen LogP contribution in [0.5, 0.6) is 11.5 Å². The Kier molecular flexibility index (Phi) is 4.88. The van der Waals surface area contributed by atoms with Crippen molar-refractivity contribution in [3.8, 4) is 11.5 Å². The van der Waals surface area contributed by atoms with Gasteiger partial charge in [-0.2, -0.15) is 9.97 Å². The summed E-state index contributed by atoms with van der Waals surface area (Å²) in [5.41, 5.74) is 0. The minimum Gasteiger partial charge on any atom is -0.451 e. The summed E-state index contributed by atoms with van der Waals surface area (Å²) >= 11 is 18.2. The Hall–Kier alpha value is -1.27. The molecule has 2 aromatic rings. The van der Waals surface area contributed by atoms with Gasteiger partial charge in [0.15, 0.2) is 10.3 Å². The van der Waals surface area contributed by atoms with Crippen molar-refractivity contribution in [2.24, 2.45) is 0 Å². The van der Waals surface area contributed by atoms with Crippen LogP contribution in [0.25, 0.3) is 0 Å². The van der Waals surface area contributed by atoms with Crippen molar-refractivity contribution in [3.05, 3.63) is 39.6 Å². The van der Waals surface area contributed by atoms with E-state index in [1.165, 1.54) is 0 Å². The van der Waals surface area contributed by atoms with Crippen LogP contribution in [-0.2, 0) is 4.74 Å². The third-order valence-electron chi connectivity index (χ3n) is 3.10. The van der Waals surface area contributed by atoms with E-state index in [4.69, 9.17) is 44.3 Å². The number of morpholine rings is 1. The van der Waals surface area contributed by atoms with E-state index in [1.807, 2.05) is 4.90 Å². The summed E-state index contributed by atoms with van der Waals surface area (Å²) in [7, 11) is 0. The number of hydrogen-bond acceptors (Lipinski definition) is 5. The number of rotatable bonds is 3. The van der Waals surface area contributed by atoms with Crippen LogP contribution >= 0.6 is 34.8 Å². The summed E-state index contributed by atoms with van der Waals surface area (Å²) in [6.07, 6.45) is 0. The molecule has 0 spiro atoms. The molecule has 2 heterocycles. The van der Waals surface area contributed by atoms with E-state index < -0.39 is 0 Å². The van der Waals surface area contributed by atoms with E-state index in [0.717, 1.165) is 0 Å². The highest BCUT2D eigenvalue weighted by Gasteiger charge is 2.19. The summed E-state index contributed by atoms with van der Waals surface area (Å²) in [6, 6.07) is 6.85. The molecule has 0 aliphatic carbocycles. The number of aromatic nitrogens is 2. The van der Waals surface area contributed by atoms with Gasteiger partial charge in [0, 0.05) is 18.1 Å². The predicted octanol–water partition coefficient (Wildman–Crippen LogP) is 4.07. The molecule has 0 amide bonds. The summed E-state index contributed by atoms with van der Waals surface area (Å²) in [6.45, 7) is 2.65. The molecule has 116 valence electrons. The maximum atomic E-state index is 6.19. The lowest BCUT2D eigenvalue weighted by Crippen LogP contribution is -2.37. The van der Waals surface area contributed by atoms with E-state index in [1.54, 1.807) is 24.3 Å². The maximum Gasteiger partial charge on any atom is 0.228 e. The molecule has 0 radical (unpaired) electrons. The van der Waals surface area contributed by atoms with Crippen molar-refractivity contribution < 1.29 is 9.47 Å². The zero-order valence-electron chi connectivity index (χ0n) is 11.4. The first-order chi connectivity index (χ1) is 10.6. The minimum absolute atomic E-state index is 0.163. The highest BCUT2D eigenvalue weighted by molar-refractivity contribution is 6.35. The zero-order chi connectivity index (χ0) is 15.5. The highest BCUT2D eigenvalue weighted by Crippen LogP contribution is 2.35. The molecular formula is C14H12Cl3N3O2. The van der Waals surface area contributed by atoms with Gasteiger partial charge in [0.25, 0.3) is 0 Å². The van der Waals surface area contributed by atoms with Crippen LogP contribution in [0.4, 0.5) is 5.95 Å². The summed E-state index contributed by atoms with van der Waals surface area (Å²) in [5.74, 6) is 1.25. The molecule has 0 bridgehead atoms. The number of anilines is 1. The van der Waals surface area contributed by atoms with E-state index in [0.29, 0.717) is 43.0 Å². The van der Waals surface area contributed by atoms with E-state index in [-0.39, 0.29) is 16.1 Å². The van der Waals surface area contributed by atoms with Gasteiger partial charge in [-0.25, -0.2) is 0 Å². The molecule has 1 aliphatic heterocycles. The molecule has 1 fully saturated rings. The molecular weight excluding hydrogens is 349 g/mol. The summed E-state index contributed by atoms with van der Waals surface area (Å²) in [5, 5.41) is 0.941. The van der Waals surface area contributed by atoms with Crippen LogP contribution in [0.15, 0.2) is 24.3 Å². The Morgan fingerprint density at radius 3 is 2.14 bits per heavy atom. The predicted molar refractivity (Wildman–Crippen MR) is 86.6 cm³/mol. The second-order valence-corrected chi connectivity index (χ2v) is 5.74. The van der Waals surface area contributed by atoms with Crippen molar-refractivity contribution in [3.63, 3.8) is 0 Å². The van der Waals surface area contributed by atoms with Gasteiger partial charge in [-0.1, -0.05) is 34.8 Å². The standard InChI is InChI=1S/C14H12Cl3N3O2/c15-9-1-3-10(4-2-9)22-11-12(16)18-14(19-13(11)17)20-5-7-21-8-6-20/h1-4H,5-8H2. The topological polar surface area (TPSA) is 47.5 Å². The first kappa shape index (κ1) is 15.6. The van der Waals surface area contributed by atoms with Crippen molar-refractivity contribution in [1.82, 2.24) is 9.97 Å². The number of hydrogen-bond donors (Lipinski definition) is 0. The largest absolute Gasteiger partial charge is 0.451 e. The second-order valence-electron chi connectivity index (χ2n) is 4.59. The van der Waals surface area contributed by atoms with Gasteiger partial charge >= 0.3 is 0 Å². The molecule has 0 atom stereocenters. The molecule has 0 saturated carbocycles. The fraction of sp³-hybridized carbons (Fsp3) is 0.286. The lowest BCUT2D eigenvalue weighted by Gasteiger charge is -2.27. The molecule has 5 nitrogen and oxygen atoms in total. The van der Waals surface area contributed by atoms with Crippen molar-refractivity contribution in [2.75, 3.05) is 31.2 Å². The SMILES string of the molecule is Clc1ccc(Oc2c(Cl)nc(N3CCOCC3)nc2Cl)cc1. The van der Waals surface area contributed by atoms with Crippen LogP contribution in [0.1, 0.15) is 0 Å². The Morgan fingerprint density at radius 2 is 1.55 bits per heavy atom. The Bertz CT molecular complexity index is 638. The average molecular weight is 361 g/mol.